The van der Waals surface area contributed by atoms with Crippen LogP contribution in [0.1, 0.15) is 27.2 Å². The van der Waals surface area contributed by atoms with Gasteiger partial charge in [-0.2, -0.15) is 5.26 Å². The van der Waals surface area contributed by atoms with E-state index in [-0.39, 0.29) is 27.8 Å². The van der Waals surface area contributed by atoms with Gasteiger partial charge in [-0.3, -0.25) is 0 Å². The lowest BCUT2D eigenvalue weighted by Gasteiger charge is -2.43. The predicted molar refractivity (Wildman–Crippen MR) is 73.7 cm³/mol. The van der Waals surface area contributed by atoms with Crippen molar-refractivity contribution in [3.63, 3.8) is 0 Å². The zero-order valence-electron chi connectivity index (χ0n) is 11.8. The molecule has 110 valence electrons. The average Bonchev–Trinajstić information content (AvgIpc) is 2.42. The summed E-state index contributed by atoms with van der Waals surface area (Å²) in [4.78, 5) is 0. The summed E-state index contributed by atoms with van der Waals surface area (Å²) in [5.74, 6) is 1.23. The molecule has 0 aliphatic carbocycles. The van der Waals surface area contributed by atoms with Crippen LogP contribution in [0.25, 0.3) is 0 Å². The molecule has 5 nitrogen and oxygen atoms in total. The monoisotopic (exact) mass is 289 g/mol. The number of hydrogen-bond acceptors (Lipinski definition) is 5. The van der Waals surface area contributed by atoms with Crippen LogP contribution in [-0.2, 0) is 13.8 Å². The third kappa shape index (κ3) is 4.98. The Balaban J connectivity index is 2.30. The smallest absolute Gasteiger partial charge is 0.155 e. The van der Waals surface area contributed by atoms with Crippen LogP contribution < -0.4 is 0 Å². The average molecular weight is 289 g/mol. The molecule has 1 saturated heterocycles. The lowest BCUT2D eigenvalue weighted by atomic mass is 9.77. The molecule has 0 amide bonds. The van der Waals surface area contributed by atoms with Gasteiger partial charge in [-0.1, -0.05) is 20.8 Å². The number of nitriles is 1. The largest absolute Gasteiger partial charge is 0.394 e. The Kier molecular flexibility index (Phi) is 7.82. The number of hydrogen-bond donors (Lipinski definition) is 1. The van der Waals surface area contributed by atoms with Gasteiger partial charge in [0, 0.05) is 0 Å². The summed E-state index contributed by atoms with van der Waals surface area (Å²) in [6.07, 6.45) is 0.270. The van der Waals surface area contributed by atoms with E-state index >= 15 is 0 Å². The first kappa shape index (κ1) is 16.8. The second-order valence-electron chi connectivity index (χ2n) is 5.12. The molecule has 1 aliphatic rings. The number of rotatable bonds is 7. The van der Waals surface area contributed by atoms with Crippen molar-refractivity contribution in [3.05, 3.63) is 0 Å². The molecule has 1 heterocycles. The maximum Gasteiger partial charge on any atom is 0.155 e. The molecule has 0 bridgehead atoms. The number of nitrogens with zero attached hydrogens (tertiary/aromatic N) is 1. The quantitative estimate of drug-likeness (QED) is 0.574. The lowest BCUT2D eigenvalue weighted by molar-refractivity contribution is -0.157. The Morgan fingerprint density at radius 1 is 1.16 bits per heavy atom. The van der Waals surface area contributed by atoms with Crippen molar-refractivity contribution in [3.8, 4) is 6.07 Å². The fourth-order valence-corrected chi connectivity index (χ4v) is 2.83. The van der Waals surface area contributed by atoms with E-state index in [1.807, 2.05) is 6.07 Å². The minimum absolute atomic E-state index is 0.00424. The molecule has 0 radical (unpaired) electrons. The van der Waals surface area contributed by atoms with Crippen molar-refractivity contribution >= 4 is 9.03 Å². The van der Waals surface area contributed by atoms with Gasteiger partial charge in [0.25, 0.3) is 0 Å². The summed E-state index contributed by atoms with van der Waals surface area (Å²) in [5, 5.41) is 17.7. The Morgan fingerprint density at radius 3 is 2.47 bits per heavy atom. The van der Waals surface area contributed by atoms with E-state index in [4.69, 9.17) is 19.0 Å². The van der Waals surface area contributed by atoms with Crippen LogP contribution in [-0.4, -0.2) is 37.1 Å². The summed E-state index contributed by atoms with van der Waals surface area (Å²) in [6, 6.07) is 2.01. The van der Waals surface area contributed by atoms with Gasteiger partial charge in [-0.15, -0.1) is 0 Å². The minimum atomic E-state index is -0.109. The third-order valence-electron chi connectivity index (χ3n) is 4.04. The van der Waals surface area contributed by atoms with Crippen molar-refractivity contribution in [2.24, 2.45) is 17.8 Å². The van der Waals surface area contributed by atoms with E-state index < -0.39 is 0 Å². The maximum atomic E-state index is 9.33. The maximum absolute atomic E-state index is 9.33. The molecule has 6 atom stereocenters. The van der Waals surface area contributed by atoms with Gasteiger partial charge in [0.1, 0.15) is 0 Å². The molecule has 6 heteroatoms. The first-order chi connectivity index (χ1) is 9.11. The fraction of sp³-hybridized carbons (Fsp3) is 0.923. The van der Waals surface area contributed by atoms with Gasteiger partial charge in [-0.25, -0.2) is 0 Å². The van der Waals surface area contributed by atoms with E-state index in [1.165, 1.54) is 0 Å². The number of aliphatic hydroxyl groups is 1. The normalized spacial score (nSPS) is 35.6. The summed E-state index contributed by atoms with van der Waals surface area (Å²) in [6.45, 7) is 7.39. The minimum Gasteiger partial charge on any atom is -0.394 e. The van der Waals surface area contributed by atoms with Crippen molar-refractivity contribution in [1.82, 2.24) is 0 Å². The fourth-order valence-electron chi connectivity index (χ4n) is 2.32. The molecular formula is C13H24NO4P. The summed E-state index contributed by atoms with van der Waals surface area (Å²) >= 11 is 0. The van der Waals surface area contributed by atoms with E-state index in [0.717, 1.165) is 0 Å². The molecule has 0 spiro atoms. The predicted octanol–water partition coefficient (Wildman–Crippen LogP) is 2.11. The highest BCUT2D eigenvalue weighted by Crippen LogP contribution is 2.35. The highest BCUT2D eigenvalue weighted by molar-refractivity contribution is 7.26. The molecule has 1 aliphatic heterocycles. The first-order valence-corrected chi connectivity index (χ1v) is 7.55. The highest BCUT2D eigenvalue weighted by atomic mass is 31.1. The van der Waals surface area contributed by atoms with Crippen molar-refractivity contribution in [2.45, 2.75) is 39.4 Å². The molecule has 0 aromatic rings. The van der Waals surface area contributed by atoms with Crippen LogP contribution in [0.4, 0.5) is 0 Å². The zero-order chi connectivity index (χ0) is 14.3. The molecule has 19 heavy (non-hydrogen) atoms. The Morgan fingerprint density at radius 2 is 1.84 bits per heavy atom. The summed E-state index contributed by atoms with van der Waals surface area (Å²) < 4.78 is 16.5. The zero-order valence-corrected chi connectivity index (χ0v) is 12.8. The molecule has 2 unspecified atom stereocenters. The molecule has 0 aromatic carbocycles. The third-order valence-corrected chi connectivity index (χ3v) is 4.65. The Hall–Kier alpha value is -0.240. The second kappa shape index (κ2) is 8.84. The van der Waals surface area contributed by atoms with Gasteiger partial charge < -0.3 is 18.9 Å². The van der Waals surface area contributed by atoms with Gasteiger partial charge in [-0.05, 0) is 17.8 Å². The van der Waals surface area contributed by atoms with Crippen molar-refractivity contribution < 1.29 is 18.9 Å². The van der Waals surface area contributed by atoms with Crippen LogP contribution in [0.2, 0.25) is 0 Å². The Bertz CT molecular complexity index is 295. The van der Waals surface area contributed by atoms with Crippen LogP contribution >= 0.6 is 9.03 Å². The molecule has 1 N–H and O–H groups in total. The van der Waals surface area contributed by atoms with Crippen LogP contribution in [0.15, 0.2) is 0 Å². The van der Waals surface area contributed by atoms with E-state index in [1.54, 1.807) is 0 Å². The number of ether oxygens (including phenoxy) is 1. The summed E-state index contributed by atoms with van der Waals surface area (Å²) in [5.41, 5.74) is 0. The number of aliphatic hydroxyl groups excluding tert-OH is 1. The van der Waals surface area contributed by atoms with Crippen molar-refractivity contribution in [1.29, 1.82) is 5.26 Å². The van der Waals surface area contributed by atoms with Crippen LogP contribution in [0.3, 0.4) is 0 Å². The highest BCUT2D eigenvalue weighted by Gasteiger charge is 2.38. The first-order valence-electron chi connectivity index (χ1n) is 6.73. The van der Waals surface area contributed by atoms with Gasteiger partial charge in [0.15, 0.2) is 9.03 Å². The van der Waals surface area contributed by atoms with E-state index in [0.29, 0.717) is 37.4 Å². The van der Waals surface area contributed by atoms with Crippen LogP contribution in [0.5, 0.6) is 0 Å². The van der Waals surface area contributed by atoms with Crippen LogP contribution in [0, 0.1) is 29.1 Å². The lowest BCUT2D eigenvalue weighted by Crippen LogP contribution is -2.47. The molecule has 1 rings (SSSR count). The molecule has 1 fully saturated rings. The molecular weight excluding hydrogens is 265 g/mol. The summed E-state index contributed by atoms with van der Waals surface area (Å²) in [7, 11) is -0.0587. The molecule has 0 saturated carbocycles. The van der Waals surface area contributed by atoms with E-state index in [9.17, 15) is 5.11 Å². The topological polar surface area (TPSA) is 71.7 Å². The Labute approximate surface area is 117 Å². The second-order valence-corrected chi connectivity index (χ2v) is 5.87. The van der Waals surface area contributed by atoms with Crippen molar-refractivity contribution in [2.75, 3.05) is 19.8 Å². The van der Waals surface area contributed by atoms with Gasteiger partial charge in [0.2, 0.25) is 0 Å². The standard InChI is InChI=1S/C13H24NO4P/c1-9-10(2)12(7-15)18-13(11(9)3)8-17-19-16-6-4-5-14/h9-13,15,19H,4,6-8H2,1-3H3/t9-,10-,11+,12+,13?/m0/s1. The van der Waals surface area contributed by atoms with E-state index in [2.05, 4.69) is 20.8 Å². The molecule has 0 aromatic heterocycles. The van der Waals surface area contributed by atoms with Gasteiger partial charge in [0.05, 0.1) is 44.5 Å². The SMILES string of the molecule is C[C@H]1[C@H](C)[C@@H](C)C(COPOCCC#N)O[C@@H]1CO. The van der Waals surface area contributed by atoms with Gasteiger partial charge >= 0.3 is 0 Å².